The maximum Gasteiger partial charge on any atom is 0.240 e. The molecule has 1 saturated carbocycles. The summed E-state index contributed by atoms with van der Waals surface area (Å²) in [7, 11) is 0. The van der Waals surface area contributed by atoms with Gasteiger partial charge in [0.25, 0.3) is 0 Å². The second kappa shape index (κ2) is 5.52. The molecule has 0 radical (unpaired) electrons. The van der Waals surface area contributed by atoms with Crippen LogP contribution in [-0.2, 0) is 9.59 Å². The number of nitrogens with zero attached hydrogens (tertiary/aromatic N) is 1. The molecular weight excluding hydrogens is 337 g/mol. The second-order valence-corrected chi connectivity index (χ2v) is 6.86. The number of anilines is 1. The van der Waals surface area contributed by atoms with Crippen LogP contribution in [0.4, 0.5) is 10.1 Å². The molecule has 1 aliphatic carbocycles. The predicted octanol–water partition coefficient (Wildman–Crippen LogP) is 4.19. The van der Waals surface area contributed by atoms with Crippen LogP contribution in [0, 0.1) is 11.2 Å². The molecule has 1 aromatic carbocycles. The van der Waals surface area contributed by atoms with Crippen molar-refractivity contribution >= 4 is 33.4 Å². The first kappa shape index (κ1) is 14.7. The smallest absolute Gasteiger partial charge is 0.240 e. The number of carbonyl (C=O) groups excluding carboxylic acids is 2. The second-order valence-electron chi connectivity index (χ2n) is 6.00. The van der Waals surface area contributed by atoms with Crippen LogP contribution in [0.5, 0.6) is 0 Å². The molecule has 3 rings (SSSR count). The number of imide groups is 1. The minimum atomic E-state index is -0.519. The largest absolute Gasteiger partial charge is 0.274 e. The van der Waals surface area contributed by atoms with Gasteiger partial charge in [0.2, 0.25) is 11.8 Å². The van der Waals surface area contributed by atoms with E-state index in [1.165, 1.54) is 23.1 Å². The van der Waals surface area contributed by atoms with Gasteiger partial charge >= 0.3 is 0 Å². The van der Waals surface area contributed by atoms with Crippen LogP contribution in [0.1, 0.15) is 44.9 Å². The normalized spacial score (nSPS) is 21.9. The summed E-state index contributed by atoms with van der Waals surface area (Å²) >= 11 is 3.11. The summed E-state index contributed by atoms with van der Waals surface area (Å²) in [5.74, 6) is -0.671. The highest BCUT2D eigenvalue weighted by atomic mass is 79.9. The zero-order chi connectivity index (χ0) is 15.0. The van der Waals surface area contributed by atoms with E-state index in [0.717, 1.165) is 38.5 Å². The van der Waals surface area contributed by atoms with Crippen molar-refractivity contribution in [2.45, 2.75) is 44.9 Å². The number of amides is 2. The third-order valence-corrected chi connectivity index (χ3v) is 5.23. The van der Waals surface area contributed by atoms with Crippen LogP contribution in [0.3, 0.4) is 0 Å². The predicted molar refractivity (Wildman–Crippen MR) is 81.3 cm³/mol. The Labute approximate surface area is 131 Å². The van der Waals surface area contributed by atoms with Gasteiger partial charge in [0, 0.05) is 6.42 Å². The van der Waals surface area contributed by atoms with Gasteiger partial charge in [0.15, 0.2) is 0 Å². The van der Waals surface area contributed by atoms with Crippen molar-refractivity contribution in [3.05, 3.63) is 28.5 Å². The van der Waals surface area contributed by atoms with Gasteiger partial charge in [0.1, 0.15) is 5.82 Å². The Kier molecular flexibility index (Phi) is 3.86. The minimum Gasteiger partial charge on any atom is -0.274 e. The van der Waals surface area contributed by atoms with Gasteiger partial charge in [0.05, 0.1) is 15.6 Å². The zero-order valence-corrected chi connectivity index (χ0v) is 13.3. The van der Waals surface area contributed by atoms with E-state index >= 15 is 0 Å². The minimum absolute atomic E-state index is 0.104. The number of halogens is 2. The van der Waals surface area contributed by atoms with Gasteiger partial charge < -0.3 is 0 Å². The zero-order valence-electron chi connectivity index (χ0n) is 11.7. The number of rotatable bonds is 1. The van der Waals surface area contributed by atoms with Gasteiger partial charge in [-0.25, -0.2) is 4.39 Å². The number of benzene rings is 1. The molecule has 1 heterocycles. The van der Waals surface area contributed by atoms with Crippen molar-refractivity contribution in [2.75, 3.05) is 4.90 Å². The average Bonchev–Trinajstić information content (AvgIpc) is 2.61. The summed E-state index contributed by atoms with van der Waals surface area (Å²) in [4.78, 5) is 26.4. The highest BCUT2D eigenvalue weighted by molar-refractivity contribution is 9.10. The van der Waals surface area contributed by atoms with Gasteiger partial charge in [-0.3, -0.25) is 14.5 Å². The van der Waals surface area contributed by atoms with Crippen LogP contribution in [-0.4, -0.2) is 11.8 Å². The molecule has 1 spiro atoms. The molecule has 0 atom stereocenters. The Balaban J connectivity index is 1.94. The fourth-order valence-electron chi connectivity index (χ4n) is 3.48. The molecule has 112 valence electrons. The van der Waals surface area contributed by atoms with Crippen LogP contribution in [0.15, 0.2) is 22.7 Å². The first-order valence-electron chi connectivity index (χ1n) is 7.36. The van der Waals surface area contributed by atoms with Crippen molar-refractivity contribution in [1.82, 2.24) is 0 Å². The monoisotopic (exact) mass is 353 g/mol. The van der Waals surface area contributed by atoms with Gasteiger partial charge in [-0.05, 0) is 47.0 Å². The molecule has 0 bridgehead atoms. The fourth-order valence-corrected chi connectivity index (χ4v) is 3.84. The van der Waals surface area contributed by atoms with Crippen LogP contribution < -0.4 is 4.90 Å². The average molecular weight is 354 g/mol. The molecule has 5 heteroatoms. The topological polar surface area (TPSA) is 37.4 Å². The van der Waals surface area contributed by atoms with Gasteiger partial charge in [-0.15, -0.1) is 0 Å². The Morgan fingerprint density at radius 2 is 1.76 bits per heavy atom. The fraction of sp³-hybridized carbons (Fsp3) is 0.500. The maximum absolute atomic E-state index is 13.3. The highest BCUT2D eigenvalue weighted by Gasteiger charge is 2.51. The van der Waals surface area contributed by atoms with Crippen LogP contribution in [0.2, 0.25) is 0 Å². The quantitative estimate of drug-likeness (QED) is 0.709. The van der Waals surface area contributed by atoms with Gasteiger partial charge in [-0.1, -0.05) is 25.7 Å². The number of hydrogen-bond acceptors (Lipinski definition) is 2. The molecule has 2 aliphatic rings. The molecular formula is C16H17BrFNO2. The third kappa shape index (κ3) is 2.52. The molecule has 0 aromatic heterocycles. The van der Waals surface area contributed by atoms with E-state index in [1.54, 1.807) is 0 Å². The summed E-state index contributed by atoms with van der Waals surface area (Å²) < 4.78 is 13.6. The van der Waals surface area contributed by atoms with Crippen molar-refractivity contribution in [1.29, 1.82) is 0 Å². The lowest BCUT2D eigenvalue weighted by Crippen LogP contribution is -2.35. The molecule has 0 N–H and O–H groups in total. The molecule has 2 amide bonds. The molecule has 2 fully saturated rings. The molecule has 1 aromatic rings. The van der Waals surface area contributed by atoms with E-state index in [4.69, 9.17) is 0 Å². The van der Waals surface area contributed by atoms with E-state index in [0.29, 0.717) is 12.1 Å². The lowest BCUT2D eigenvalue weighted by atomic mass is 9.79. The SMILES string of the molecule is O=C1CC2(CCCCCC2)C(=O)N1c1ccc(F)c(Br)c1. The van der Waals surface area contributed by atoms with E-state index < -0.39 is 11.2 Å². The van der Waals surface area contributed by atoms with Crippen LogP contribution in [0.25, 0.3) is 0 Å². The molecule has 1 saturated heterocycles. The van der Waals surface area contributed by atoms with Crippen molar-refractivity contribution in [2.24, 2.45) is 5.41 Å². The van der Waals surface area contributed by atoms with Crippen LogP contribution >= 0.6 is 15.9 Å². The summed E-state index contributed by atoms with van der Waals surface area (Å²) in [5, 5.41) is 0. The number of carbonyl (C=O) groups is 2. The van der Waals surface area contributed by atoms with E-state index in [1.807, 2.05) is 0 Å². The Morgan fingerprint density at radius 3 is 2.38 bits per heavy atom. The Bertz CT molecular complexity index is 594. The van der Waals surface area contributed by atoms with Gasteiger partial charge in [-0.2, -0.15) is 0 Å². The number of hydrogen-bond donors (Lipinski definition) is 0. The van der Waals surface area contributed by atoms with Crippen molar-refractivity contribution in [3.8, 4) is 0 Å². The van der Waals surface area contributed by atoms with E-state index in [-0.39, 0.29) is 16.3 Å². The highest BCUT2D eigenvalue weighted by Crippen LogP contribution is 2.45. The van der Waals surface area contributed by atoms with Crippen molar-refractivity contribution < 1.29 is 14.0 Å². The first-order valence-corrected chi connectivity index (χ1v) is 8.15. The summed E-state index contributed by atoms with van der Waals surface area (Å²) in [6.45, 7) is 0. The standard InChI is InChI=1S/C16H17BrFNO2/c17-12-9-11(5-6-13(12)18)19-14(20)10-16(15(19)21)7-3-1-2-4-8-16/h5-6,9H,1-4,7-8,10H2. The summed E-state index contributed by atoms with van der Waals surface area (Å²) in [5.41, 5.74) is -0.0616. The lowest BCUT2D eigenvalue weighted by molar-refractivity contribution is -0.126. The Morgan fingerprint density at radius 1 is 1.10 bits per heavy atom. The molecule has 21 heavy (non-hydrogen) atoms. The van der Waals surface area contributed by atoms with E-state index in [9.17, 15) is 14.0 Å². The molecule has 1 aliphatic heterocycles. The maximum atomic E-state index is 13.3. The van der Waals surface area contributed by atoms with E-state index in [2.05, 4.69) is 15.9 Å². The first-order chi connectivity index (χ1) is 10.0. The van der Waals surface area contributed by atoms with Crippen molar-refractivity contribution in [3.63, 3.8) is 0 Å². The molecule has 3 nitrogen and oxygen atoms in total. The Hall–Kier alpha value is -1.23. The summed E-state index contributed by atoms with van der Waals surface area (Å²) in [6.07, 6.45) is 6.13. The lowest BCUT2D eigenvalue weighted by Gasteiger charge is -2.25. The molecule has 0 unspecified atom stereocenters. The third-order valence-electron chi connectivity index (χ3n) is 4.62. The summed E-state index contributed by atoms with van der Waals surface area (Å²) in [6, 6.07) is 4.27.